The zero-order valence-corrected chi connectivity index (χ0v) is 14.8. The Hall–Kier alpha value is -2.89. The molecular formula is C20H21FN2O3. The van der Waals surface area contributed by atoms with E-state index in [-0.39, 0.29) is 24.5 Å². The van der Waals surface area contributed by atoms with E-state index in [1.165, 1.54) is 24.3 Å². The Bertz CT molecular complexity index is 820. The van der Waals surface area contributed by atoms with Gasteiger partial charge in [-0.15, -0.1) is 0 Å². The normalized spacial score (nSPS) is 14.9. The predicted molar refractivity (Wildman–Crippen MR) is 96.6 cm³/mol. The highest BCUT2D eigenvalue weighted by Crippen LogP contribution is 2.28. The number of hydrogen-bond acceptors (Lipinski definition) is 3. The zero-order valence-electron chi connectivity index (χ0n) is 14.8. The molecule has 0 aromatic heterocycles. The molecule has 0 fully saturated rings. The molecule has 1 heterocycles. The summed E-state index contributed by atoms with van der Waals surface area (Å²) in [6.07, 6.45) is 0.849. The monoisotopic (exact) mass is 356 g/mol. The van der Waals surface area contributed by atoms with Crippen molar-refractivity contribution in [3.05, 3.63) is 59.4 Å². The van der Waals surface area contributed by atoms with Crippen LogP contribution in [0.15, 0.2) is 42.5 Å². The first kappa shape index (κ1) is 17.9. The van der Waals surface area contributed by atoms with E-state index >= 15 is 0 Å². The van der Waals surface area contributed by atoms with Crippen LogP contribution in [0.3, 0.4) is 0 Å². The molecule has 0 radical (unpaired) electrons. The summed E-state index contributed by atoms with van der Waals surface area (Å²) >= 11 is 0. The largest absolute Gasteiger partial charge is 0.483 e. The van der Waals surface area contributed by atoms with Crippen molar-refractivity contribution in [3.8, 4) is 5.75 Å². The first-order valence-electron chi connectivity index (χ1n) is 8.60. The van der Waals surface area contributed by atoms with Crippen LogP contribution >= 0.6 is 0 Å². The summed E-state index contributed by atoms with van der Waals surface area (Å²) in [5, 5.41) is 2.80. The number of fused-ring (bicyclic) bond motifs is 1. The van der Waals surface area contributed by atoms with Gasteiger partial charge in [-0.1, -0.05) is 6.92 Å². The molecule has 0 aliphatic carbocycles. The van der Waals surface area contributed by atoms with Crippen LogP contribution in [0.25, 0.3) is 0 Å². The smallest absolute Gasteiger partial charge is 0.261 e. The lowest BCUT2D eigenvalue weighted by molar-refractivity contribution is -0.135. The highest BCUT2D eigenvalue weighted by atomic mass is 19.1. The van der Waals surface area contributed by atoms with E-state index in [2.05, 4.69) is 5.32 Å². The van der Waals surface area contributed by atoms with Crippen LogP contribution in [-0.2, 0) is 11.3 Å². The Morgan fingerprint density at radius 3 is 2.69 bits per heavy atom. The Morgan fingerprint density at radius 1 is 1.27 bits per heavy atom. The van der Waals surface area contributed by atoms with Crippen LogP contribution in [0.4, 0.5) is 10.1 Å². The Balaban J connectivity index is 1.80. The summed E-state index contributed by atoms with van der Waals surface area (Å²) in [5.41, 5.74) is 1.81. The number of anilines is 1. The van der Waals surface area contributed by atoms with Crippen molar-refractivity contribution in [2.24, 2.45) is 0 Å². The van der Waals surface area contributed by atoms with Crippen LogP contribution in [-0.4, -0.2) is 29.4 Å². The number of amides is 2. The number of ether oxygens (including phenoxy) is 1. The molecule has 1 aliphatic heterocycles. The molecule has 5 nitrogen and oxygen atoms in total. The minimum absolute atomic E-state index is 0.0125. The molecule has 1 N–H and O–H groups in total. The maximum Gasteiger partial charge on any atom is 0.261 e. The molecule has 1 unspecified atom stereocenters. The van der Waals surface area contributed by atoms with Crippen molar-refractivity contribution in [3.63, 3.8) is 0 Å². The molecule has 1 aliphatic rings. The van der Waals surface area contributed by atoms with Crippen molar-refractivity contribution in [2.45, 2.75) is 32.9 Å². The van der Waals surface area contributed by atoms with E-state index in [0.29, 0.717) is 23.5 Å². The number of hydrogen-bond donors (Lipinski definition) is 1. The van der Waals surface area contributed by atoms with Crippen LogP contribution < -0.4 is 10.1 Å². The van der Waals surface area contributed by atoms with Crippen molar-refractivity contribution < 1.29 is 18.7 Å². The minimum atomic E-state index is -0.390. The van der Waals surface area contributed by atoms with Gasteiger partial charge in [-0.3, -0.25) is 9.59 Å². The Morgan fingerprint density at radius 2 is 2.00 bits per heavy atom. The first-order valence-corrected chi connectivity index (χ1v) is 8.60. The molecule has 2 aromatic carbocycles. The fraction of sp³-hybridized carbons (Fsp3) is 0.300. The second-order valence-electron chi connectivity index (χ2n) is 6.35. The van der Waals surface area contributed by atoms with Gasteiger partial charge >= 0.3 is 0 Å². The SMILES string of the molecule is CCC(C)N1Cc2cc(NC(=O)c3ccc(F)cc3)ccc2OCC1=O. The van der Waals surface area contributed by atoms with Gasteiger partial charge in [0.25, 0.3) is 11.8 Å². The van der Waals surface area contributed by atoms with Crippen molar-refractivity contribution in [2.75, 3.05) is 11.9 Å². The maximum absolute atomic E-state index is 13.0. The van der Waals surface area contributed by atoms with E-state index in [1.807, 2.05) is 19.9 Å². The van der Waals surface area contributed by atoms with E-state index < -0.39 is 5.82 Å². The predicted octanol–water partition coefficient (Wildman–Crippen LogP) is 3.60. The minimum Gasteiger partial charge on any atom is -0.483 e. The van der Waals surface area contributed by atoms with Crippen LogP contribution in [0.1, 0.15) is 36.2 Å². The highest BCUT2D eigenvalue weighted by molar-refractivity contribution is 6.04. The number of nitrogens with one attached hydrogen (secondary N) is 1. The summed E-state index contributed by atoms with van der Waals surface area (Å²) in [7, 11) is 0. The number of nitrogens with zero attached hydrogens (tertiary/aromatic N) is 1. The highest BCUT2D eigenvalue weighted by Gasteiger charge is 2.25. The molecular weight excluding hydrogens is 335 g/mol. The Kier molecular flexibility index (Phi) is 5.21. The molecule has 6 heteroatoms. The van der Waals surface area contributed by atoms with Gasteiger partial charge in [0.1, 0.15) is 11.6 Å². The van der Waals surface area contributed by atoms with E-state index in [0.717, 1.165) is 12.0 Å². The maximum atomic E-state index is 13.0. The van der Waals surface area contributed by atoms with Crippen molar-refractivity contribution >= 4 is 17.5 Å². The Labute approximate surface area is 151 Å². The quantitative estimate of drug-likeness (QED) is 0.911. The standard InChI is InChI=1S/C20H21FN2O3/c1-3-13(2)23-11-15-10-17(8-9-18(15)26-12-19(23)24)22-20(25)14-4-6-16(21)7-5-14/h4-10,13H,3,11-12H2,1-2H3,(H,22,25). The summed E-state index contributed by atoms with van der Waals surface area (Å²) in [5.74, 6) is -0.121. The van der Waals surface area contributed by atoms with Gasteiger partial charge in [0.15, 0.2) is 6.61 Å². The number of benzene rings is 2. The molecule has 0 saturated carbocycles. The second kappa shape index (κ2) is 7.56. The second-order valence-corrected chi connectivity index (χ2v) is 6.35. The fourth-order valence-electron chi connectivity index (χ4n) is 2.84. The summed E-state index contributed by atoms with van der Waals surface area (Å²) in [6.45, 7) is 4.48. The fourth-order valence-corrected chi connectivity index (χ4v) is 2.84. The molecule has 26 heavy (non-hydrogen) atoms. The summed E-state index contributed by atoms with van der Waals surface area (Å²) in [6, 6.07) is 10.7. The van der Waals surface area contributed by atoms with Gasteiger partial charge in [-0.2, -0.15) is 0 Å². The average molecular weight is 356 g/mol. The zero-order chi connectivity index (χ0) is 18.7. The third-order valence-corrected chi connectivity index (χ3v) is 4.56. The lowest BCUT2D eigenvalue weighted by Crippen LogP contribution is -2.39. The number of rotatable bonds is 4. The van der Waals surface area contributed by atoms with Crippen molar-refractivity contribution in [1.29, 1.82) is 0 Å². The topological polar surface area (TPSA) is 58.6 Å². The molecule has 136 valence electrons. The lowest BCUT2D eigenvalue weighted by atomic mass is 10.1. The third-order valence-electron chi connectivity index (χ3n) is 4.56. The molecule has 2 amide bonds. The summed E-state index contributed by atoms with van der Waals surface area (Å²) in [4.78, 5) is 26.4. The average Bonchev–Trinajstić information content (AvgIpc) is 2.80. The third kappa shape index (κ3) is 3.85. The molecule has 3 rings (SSSR count). The van der Waals surface area contributed by atoms with Crippen LogP contribution in [0.2, 0.25) is 0 Å². The summed E-state index contributed by atoms with van der Waals surface area (Å²) < 4.78 is 18.6. The number of carbonyl (C=O) groups excluding carboxylic acids is 2. The number of halogens is 1. The van der Waals surface area contributed by atoms with Gasteiger partial charge in [-0.25, -0.2) is 4.39 Å². The van der Waals surface area contributed by atoms with E-state index in [1.54, 1.807) is 17.0 Å². The number of carbonyl (C=O) groups is 2. The molecule has 0 spiro atoms. The van der Waals surface area contributed by atoms with Gasteiger partial charge in [-0.05, 0) is 55.8 Å². The van der Waals surface area contributed by atoms with Gasteiger partial charge in [0.2, 0.25) is 0 Å². The first-order chi connectivity index (χ1) is 12.5. The molecule has 2 aromatic rings. The molecule has 1 atom stereocenters. The van der Waals surface area contributed by atoms with Gasteiger partial charge < -0.3 is 15.0 Å². The van der Waals surface area contributed by atoms with Crippen LogP contribution in [0.5, 0.6) is 5.75 Å². The molecule has 0 bridgehead atoms. The van der Waals surface area contributed by atoms with Gasteiger partial charge in [0, 0.05) is 29.4 Å². The lowest BCUT2D eigenvalue weighted by Gasteiger charge is -2.26. The van der Waals surface area contributed by atoms with Gasteiger partial charge in [0.05, 0.1) is 0 Å². The van der Waals surface area contributed by atoms with E-state index in [9.17, 15) is 14.0 Å². The van der Waals surface area contributed by atoms with Crippen molar-refractivity contribution in [1.82, 2.24) is 4.90 Å². The van der Waals surface area contributed by atoms with E-state index in [4.69, 9.17) is 4.74 Å². The molecule has 0 saturated heterocycles. The van der Waals surface area contributed by atoms with Crippen LogP contribution in [0, 0.1) is 5.82 Å².